The van der Waals surface area contributed by atoms with E-state index in [-0.39, 0.29) is 0 Å². The van der Waals surface area contributed by atoms with E-state index in [0.717, 1.165) is 42.5 Å². The average molecular weight is 283 g/mol. The van der Waals surface area contributed by atoms with E-state index in [2.05, 4.69) is 29.6 Å². The van der Waals surface area contributed by atoms with Crippen LogP contribution in [0, 0.1) is 5.92 Å². The standard InChI is InChI=1S/C18H21NO2/c1-20-18-10-15(9-16-11-19-12-16)7-8-17(18)21-13-14-5-3-2-4-6-14/h2-8,10,16,19H,9,11-13H2,1H3. The Labute approximate surface area is 125 Å². The van der Waals surface area contributed by atoms with Gasteiger partial charge in [-0.1, -0.05) is 36.4 Å². The van der Waals surface area contributed by atoms with E-state index in [9.17, 15) is 0 Å². The summed E-state index contributed by atoms with van der Waals surface area (Å²) in [4.78, 5) is 0. The summed E-state index contributed by atoms with van der Waals surface area (Å²) in [5.41, 5.74) is 2.47. The lowest BCUT2D eigenvalue weighted by molar-refractivity contribution is 0.284. The predicted molar refractivity (Wildman–Crippen MR) is 83.8 cm³/mol. The van der Waals surface area contributed by atoms with Crippen LogP contribution in [-0.2, 0) is 13.0 Å². The Morgan fingerprint density at radius 1 is 1.00 bits per heavy atom. The minimum absolute atomic E-state index is 0.559. The van der Waals surface area contributed by atoms with Gasteiger partial charge in [0.1, 0.15) is 6.61 Å². The van der Waals surface area contributed by atoms with Crippen molar-refractivity contribution >= 4 is 0 Å². The molecule has 0 amide bonds. The summed E-state index contributed by atoms with van der Waals surface area (Å²) in [5.74, 6) is 2.37. The van der Waals surface area contributed by atoms with E-state index in [1.54, 1.807) is 7.11 Å². The van der Waals surface area contributed by atoms with Gasteiger partial charge in [-0.2, -0.15) is 0 Å². The molecule has 0 atom stereocenters. The van der Waals surface area contributed by atoms with Crippen LogP contribution in [0.25, 0.3) is 0 Å². The lowest BCUT2D eigenvalue weighted by atomic mass is 9.94. The quantitative estimate of drug-likeness (QED) is 0.884. The first-order valence-electron chi connectivity index (χ1n) is 7.39. The summed E-state index contributed by atoms with van der Waals surface area (Å²) in [6.45, 7) is 2.80. The molecule has 0 bridgehead atoms. The van der Waals surface area contributed by atoms with Crippen molar-refractivity contribution in [2.75, 3.05) is 20.2 Å². The molecule has 0 saturated carbocycles. The van der Waals surface area contributed by atoms with Crippen LogP contribution < -0.4 is 14.8 Å². The van der Waals surface area contributed by atoms with Crippen LogP contribution in [0.3, 0.4) is 0 Å². The molecule has 0 radical (unpaired) electrons. The molecule has 3 heteroatoms. The molecule has 0 aromatic heterocycles. The molecule has 1 heterocycles. The van der Waals surface area contributed by atoms with Gasteiger partial charge in [0.25, 0.3) is 0 Å². The van der Waals surface area contributed by atoms with Crippen molar-refractivity contribution in [1.82, 2.24) is 5.32 Å². The van der Waals surface area contributed by atoms with Gasteiger partial charge in [-0.15, -0.1) is 0 Å². The topological polar surface area (TPSA) is 30.5 Å². The number of ether oxygens (including phenoxy) is 2. The third-order valence-electron chi connectivity index (χ3n) is 3.86. The largest absolute Gasteiger partial charge is 0.493 e. The first-order valence-corrected chi connectivity index (χ1v) is 7.39. The van der Waals surface area contributed by atoms with Crippen molar-refractivity contribution in [3.05, 3.63) is 59.7 Å². The second-order valence-electron chi connectivity index (χ2n) is 5.49. The minimum Gasteiger partial charge on any atom is -0.493 e. The van der Waals surface area contributed by atoms with E-state index in [1.165, 1.54) is 5.56 Å². The van der Waals surface area contributed by atoms with Gasteiger partial charge in [-0.25, -0.2) is 0 Å². The molecule has 0 spiro atoms. The summed E-state index contributed by atoms with van der Waals surface area (Å²) in [5, 5.41) is 3.30. The Bertz CT molecular complexity index is 579. The van der Waals surface area contributed by atoms with E-state index in [4.69, 9.17) is 9.47 Å². The highest BCUT2D eigenvalue weighted by molar-refractivity contribution is 5.43. The Balaban J connectivity index is 1.66. The second-order valence-corrected chi connectivity index (χ2v) is 5.49. The van der Waals surface area contributed by atoms with E-state index in [0.29, 0.717) is 6.61 Å². The van der Waals surface area contributed by atoms with Crippen molar-refractivity contribution in [3.8, 4) is 11.5 Å². The third-order valence-corrected chi connectivity index (χ3v) is 3.86. The van der Waals surface area contributed by atoms with Crippen LogP contribution in [0.15, 0.2) is 48.5 Å². The molecular weight excluding hydrogens is 262 g/mol. The molecule has 3 nitrogen and oxygen atoms in total. The van der Waals surface area contributed by atoms with Gasteiger partial charge < -0.3 is 14.8 Å². The smallest absolute Gasteiger partial charge is 0.161 e. The molecule has 2 aromatic carbocycles. The zero-order valence-corrected chi connectivity index (χ0v) is 12.3. The highest BCUT2D eigenvalue weighted by Gasteiger charge is 2.17. The summed E-state index contributed by atoms with van der Waals surface area (Å²) in [6.07, 6.45) is 1.10. The monoisotopic (exact) mass is 283 g/mol. The molecule has 2 aromatic rings. The van der Waals surface area contributed by atoms with Gasteiger partial charge in [0.05, 0.1) is 7.11 Å². The average Bonchev–Trinajstić information content (AvgIpc) is 2.50. The molecule has 0 unspecified atom stereocenters. The Hall–Kier alpha value is -2.00. The summed E-state index contributed by atoms with van der Waals surface area (Å²) in [7, 11) is 1.69. The number of methoxy groups -OCH3 is 1. The van der Waals surface area contributed by atoms with Crippen LogP contribution >= 0.6 is 0 Å². The number of nitrogens with one attached hydrogen (secondary N) is 1. The SMILES string of the molecule is COc1cc(CC2CNC2)ccc1OCc1ccccc1. The summed E-state index contributed by atoms with van der Waals surface area (Å²) < 4.78 is 11.3. The highest BCUT2D eigenvalue weighted by atomic mass is 16.5. The summed E-state index contributed by atoms with van der Waals surface area (Å²) >= 11 is 0. The van der Waals surface area contributed by atoms with Gasteiger partial charge >= 0.3 is 0 Å². The van der Waals surface area contributed by atoms with Crippen LogP contribution in [0.2, 0.25) is 0 Å². The van der Waals surface area contributed by atoms with Crippen molar-refractivity contribution in [2.24, 2.45) is 5.92 Å². The number of hydrogen-bond donors (Lipinski definition) is 1. The number of benzene rings is 2. The van der Waals surface area contributed by atoms with Crippen molar-refractivity contribution < 1.29 is 9.47 Å². The fourth-order valence-corrected chi connectivity index (χ4v) is 2.52. The van der Waals surface area contributed by atoms with Crippen molar-refractivity contribution in [1.29, 1.82) is 0 Å². The third kappa shape index (κ3) is 3.56. The van der Waals surface area contributed by atoms with Crippen molar-refractivity contribution in [2.45, 2.75) is 13.0 Å². The van der Waals surface area contributed by atoms with E-state index < -0.39 is 0 Å². The maximum atomic E-state index is 5.88. The van der Waals surface area contributed by atoms with Crippen LogP contribution in [0.5, 0.6) is 11.5 Å². The first-order chi connectivity index (χ1) is 10.3. The molecule has 3 rings (SSSR count). The maximum Gasteiger partial charge on any atom is 0.161 e. The predicted octanol–water partition coefficient (Wildman–Crippen LogP) is 3.04. The Morgan fingerprint density at radius 3 is 2.48 bits per heavy atom. The molecule has 1 N–H and O–H groups in total. The van der Waals surface area contributed by atoms with Gasteiger partial charge in [0, 0.05) is 0 Å². The summed E-state index contributed by atoms with van der Waals surface area (Å²) in [6, 6.07) is 16.4. The molecular formula is C18H21NO2. The maximum absolute atomic E-state index is 5.88. The fourth-order valence-electron chi connectivity index (χ4n) is 2.52. The second kappa shape index (κ2) is 6.64. The zero-order chi connectivity index (χ0) is 14.5. The molecule has 110 valence electrons. The van der Waals surface area contributed by atoms with Gasteiger partial charge in [0.15, 0.2) is 11.5 Å². The Kier molecular flexibility index (Phi) is 4.41. The molecule has 21 heavy (non-hydrogen) atoms. The van der Waals surface area contributed by atoms with E-state index >= 15 is 0 Å². The van der Waals surface area contributed by atoms with Gasteiger partial charge in [0.2, 0.25) is 0 Å². The first kappa shape index (κ1) is 14.0. The highest BCUT2D eigenvalue weighted by Crippen LogP contribution is 2.30. The molecule has 0 aliphatic carbocycles. The normalized spacial score (nSPS) is 14.5. The minimum atomic E-state index is 0.559. The van der Waals surface area contributed by atoms with E-state index in [1.807, 2.05) is 24.3 Å². The van der Waals surface area contributed by atoms with Crippen LogP contribution in [0.1, 0.15) is 11.1 Å². The van der Waals surface area contributed by atoms with Crippen LogP contribution in [0.4, 0.5) is 0 Å². The number of hydrogen-bond acceptors (Lipinski definition) is 3. The van der Waals surface area contributed by atoms with Gasteiger partial charge in [-0.3, -0.25) is 0 Å². The molecule has 1 fully saturated rings. The zero-order valence-electron chi connectivity index (χ0n) is 12.3. The van der Waals surface area contributed by atoms with Gasteiger partial charge in [-0.05, 0) is 48.7 Å². The lowest BCUT2D eigenvalue weighted by Gasteiger charge is -2.27. The Morgan fingerprint density at radius 2 is 1.81 bits per heavy atom. The molecule has 1 aliphatic rings. The molecule has 1 saturated heterocycles. The lowest BCUT2D eigenvalue weighted by Crippen LogP contribution is -2.43. The fraction of sp³-hybridized carbons (Fsp3) is 0.333. The van der Waals surface area contributed by atoms with Crippen LogP contribution in [-0.4, -0.2) is 20.2 Å². The van der Waals surface area contributed by atoms with Crippen molar-refractivity contribution in [3.63, 3.8) is 0 Å². The molecule has 1 aliphatic heterocycles. The number of rotatable bonds is 6.